The molecule has 2 radical (unpaired) electrons. The maximum atomic E-state index is 2.61. The third-order valence-electron chi connectivity index (χ3n) is 7.14. The minimum Gasteiger partial charge on any atom is -0.559 e. The van der Waals surface area contributed by atoms with Crippen LogP contribution in [-0.2, 0) is 0 Å². The van der Waals surface area contributed by atoms with Crippen LogP contribution >= 0.6 is 7.26 Å². The molecule has 1 fully saturated rings. The van der Waals surface area contributed by atoms with Crippen LogP contribution in [0.1, 0.15) is 25.5 Å². The van der Waals surface area contributed by atoms with Gasteiger partial charge in [-0.25, -0.2) is 0 Å². The molecule has 0 aliphatic carbocycles. The predicted molar refractivity (Wildman–Crippen MR) is 140 cm³/mol. The van der Waals surface area contributed by atoms with Crippen LogP contribution in [0.2, 0.25) is 0 Å². The molecule has 1 saturated heterocycles. The first-order chi connectivity index (χ1) is 15.7. The molecule has 0 saturated carbocycles. The van der Waals surface area contributed by atoms with E-state index in [4.69, 9.17) is 0 Å². The standard InChI is InChI=1S/C29H30BNP/c1-23(25-15-7-3-8-16-25)31-24(2)29(30-31)32(26-17-9-4-10-18-26,27-19-11-5-12-20-27)28-21-13-6-14-22-28/h3-24,29,31H,1-2H3/q+1/t23-,24-,29-/m0/s1. The number of hydrogen-bond donors (Lipinski definition) is 1. The fraction of sp³-hybridized carbons (Fsp3) is 0.172. The zero-order valence-electron chi connectivity index (χ0n) is 18.8. The number of nitrogens with one attached hydrogen (secondary N) is 1. The van der Waals surface area contributed by atoms with Crippen LogP contribution in [0.3, 0.4) is 0 Å². The second-order valence-corrected chi connectivity index (χ2v) is 12.4. The Balaban J connectivity index is 1.63. The van der Waals surface area contributed by atoms with E-state index in [2.05, 4.69) is 143 Å². The normalized spacial score (nSPS) is 21.5. The molecule has 0 bridgehead atoms. The number of hydrogen-bond acceptors (Lipinski definition) is 0. The molecule has 3 heteroatoms. The molecule has 1 aliphatic heterocycles. The Bertz CT molecular complexity index is 1040. The van der Waals surface area contributed by atoms with E-state index >= 15 is 0 Å². The van der Waals surface area contributed by atoms with Crippen LogP contribution in [0.4, 0.5) is 0 Å². The average molecular weight is 434 g/mol. The van der Waals surface area contributed by atoms with Crippen molar-refractivity contribution in [2.75, 3.05) is 0 Å². The SMILES string of the molecule is C[C@@H](c1ccccc1)[NH+]1[B-][C@@H]([P+](c2ccccc2)(c2ccccc2)c2ccccc2)[C@@H]1C. The van der Waals surface area contributed by atoms with E-state index in [0.29, 0.717) is 17.6 Å². The van der Waals surface area contributed by atoms with E-state index in [1.807, 2.05) is 0 Å². The summed E-state index contributed by atoms with van der Waals surface area (Å²) < 4.78 is 0. The number of benzene rings is 4. The molecule has 0 spiro atoms. The lowest BCUT2D eigenvalue weighted by Crippen LogP contribution is -3.27. The summed E-state index contributed by atoms with van der Waals surface area (Å²) in [4.78, 5) is 1.58. The minimum absolute atomic E-state index is 0.451. The third kappa shape index (κ3) is 3.53. The minimum atomic E-state index is -1.86. The molecule has 0 aromatic heterocycles. The molecule has 32 heavy (non-hydrogen) atoms. The Labute approximate surface area is 193 Å². The molecule has 1 unspecified atom stereocenters. The van der Waals surface area contributed by atoms with Gasteiger partial charge in [-0.1, -0.05) is 84.9 Å². The van der Waals surface area contributed by atoms with Crippen molar-refractivity contribution in [3.63, 3.8) is 0 Å². The molecule has 5 rings (SSSR count). The van der Waals surface area contributed by atoms with Crippen molar-refractivity contribution >= 4 is 30.6 Å². The first-order valence-corrected chi connectivity index (χ1v) is 13.4. The fourth-order valence-corrected chi connectivity index (χ4v) is 10.5. The van der Waals surface area contributed by atoms with E-state index in [-0.39, 0.29) is 0 Å². The molecular formula is C29H30BNP+. The van der Waals surface area contributed by atoms with Gasteiger partial charge in [-0.2, -0.15) is 0 Å². The molecule has 158 valence electrons. The monoisotopic (exact) mass is 434 g/mol. The van der Waals surface area contributed by atoms with Gasteiger partial charge in [-0.3, -0.25) is 0 Å². The van der Waals surface area contributed by atoms with Gasteiger partial charge in [0, 0.05) is 17.2 Å². The summed E-state index contributed by atoms with van der Waals surface area (Å²) in [6, 6.07) is 45.7. The molecular weight excluding hydrogens is 404 g/mol. The van der Waals surface area contributed by atoms with Crippen molar-refractivity contribution in [1.29, 1.82) is 0 Å². The van der Waals surface area contributed by atoms with Gasteiger partial charge in [-0.05, 0) is 50.2 Å². The highest BCUT2D eigenvalue weighted by Crippen LogP contribution is 2.61. The van der Waals surface area contributed by atoms with Crippen LogP contribution in [-0.4, -0.2) is 19.0 Å². The lowest BCUT2D eigenvalue weighted by molar-refractivity contribution is -0.866. The van der Waals surface area contributed by atoms with Gasteiger partial charge >= 0.3 is 0 Å². The summed E-state index contributed by atoms with van der Waals surface area (Å²) in [6.45, 7) is 4.81. The first kappa shape index (κ1) is 21.2. The highest BCUT2D eigenvalue weighted by atomic mass is 31.2. The molecule has 4 atom stereocenters. The van der Waals surface area contributed by atoms with Crippen LogP contribution in [0.25, 0.3) is 0 Å². The van der Waals surface area contributed by atoms with Gasteiger partial charge in [0.05, 0.1) is 20.7 Å². The van der Waals surface area contributed by atoms with E-state index in [1.54, 1.807) is 4.81 Å². The van der Waals surface area contributed by atoms with E-state index in [0.717, 1.165) is 0 Å². The molecule has 0 amide bonds. The Hall–Kier alpha value is -2.67. The zero-order chi connectivity index (χ0) is 22.0. The molecule has 4 aromatic rings. The first-order valence-electron chi connectivity index (χ1n) is 11.5. The summed E-state index contributed by atoms with van der Waals surface area (Å²) >= 11 is 0. The third-order valence-corrected chi connectivity index (χ3v) is 12.0. The highest BCUT2D eigenvalue weighted by molar-refractivity contribution is 7.97. The Morgan fingerprint density at radius 3 is 1.38 bits per heavy atom. The quantitative estimate of drug-likeness (QED) is 0.346. The zero-order valence-corrected chi connectivity index (χ0v) is 19.7. The summed E-state index contributed by atoms with van der Waals surface area (Å²) in [7, 11) is 0.756. The summed E-state index contributed by atoms with van der Waals surface area (Å²) in [5.41, 5.74) is 1.91. The fourth-order valence-electron chi connectivity index (χ4n) is 5.44. The predicted octanol–water partition coefficient (Wildman–Crippen LogP) is 3.97. The van der Waals surface area contributed by atoms with E-state index in [1.165, 1.54) is 21.5 Å². The molecule has 1 heterocycles. The van der Waals surface area contributed by atoms with Crippen LogP contribution in [0.5, 0.6) is 0 Å². The van der Waals surface area contributed by atoms with Gasteiger partial charge < -0.3 is 4.81 Å². The molecule has 1 N–H and O–H groups in total. The number of quaternary nitrogens is 1. The van der Waals surface area contributed by atoms with Crippen molar-refractivity contribution in [2.24, 2.45) is 0 Å². The highest BCUT2D eigenvalue weighted by Gasteiger charge is 2.56. The smallest absolute Gasteiger partial charge is 0.101 e. The second kappa shape index (κ2) is 9.06. The number of rotatable bonds is 6. The Kier molecular flexibility index (Phi) is 6.00. The maximum absolute atomic E-state index is 2.61. The topological polar surface area (TPSA) is 4.44 Å². The van der Waals surface area contributed by atoms with Gasteiger partial charge in [-0.15, -0.1) is 0 Å². The van der Waals surface area contributed by atoms with Crippen molar-refractivity contribution in [2.45, 2.75) is 31.5 Å². The Morgan fingerprint density at radius 2 is 1.00 bits per heavy atom. The summed E-state index contributed by atoms with van der Waals surface area (Å²) in [6.07, 6.45) is 0. The lowest BCUT2D eigenvalue weighted by atomic mass is 9.67. The van der Waals surface area contributed by atoms with E-state index < -0.39 is 7.26 Å². The summed E-state index contributed by atoms with van der Waals surface area (Å²) in [5.74, 6) is 0. The Morgan fingerprint density at radius 1 is 0.625 bits per heavy atom. The van der Waals surface area contributed by atoms with Crippen molar-refractivity contribution in [1.82, 2.24) is 0 Å². The van der Waals surface area contributed by atoms with Gasteiger partial charge in [0.25, 0.3) is 0 Å². The van der Waals surface area contributed by atoms with Crippen molar-refractivity contribution in [3.8, 4) is 0 Å². The molecule has 4 aromatic carbocycles. The summed E-state index contributed by atoms with van der Waals surface area (Å²) in [5, 5.41) is 4.41. The second-order valence-electron chi connectivity index (χ2n) is 8.81. The molecule has 1 nitrogen and oxygen atoms in total. The van der Waals surface area contributed by atoms with Crippen LogP contribution in [0.15, 0.2) is 121 Å². The van der Waals surface area contributed by atoms with Gasteiger partial charge in [0.2, 0.25) is 0 Å². The average Bonchev–Trinajstić information content (AvgIpc) is 2.88. The van der Waals surface area contributed by atoms with Crippen LogP contribution in [0, 0.1) is 0 Å². The van der Waals surface area contributed by atoms with Gasteiger partial charge in [0.15, 0.2) is 0 Å². The lowest BCUT2D eigenvalue weighted by Gasteiger charge is -2.60. The largest absolute Gasteiger partial charge is 0.559 e. The maximum Gasteiger partial charge on any atom is 0.101 e. The van der Waals surface area contributed by atoms with Gasteiger partial charge in [0.1, 0.15) is 15.9 Å². The van der Waals surface area contributed by atoms with Crippen molar-refractivity contribution < 1.29 is 4.81 Å². The van der Waals surface area contributed by atoms with E-state index in [9.17, 15) is 0 Å². The van der Waals surface area contributed by atoms with Crippen molar-refractivity contribution in [3.05, 3.63) is 127 Å². The molecule has 1 aliphatic rings. The van der Waals surface area contributed by atoms with Crippen LogP contribution < -0.4 is 20.7 Å².